The van der Waals surface area contributed by atoms with E-state index in [2.05, 4.69) is 10.1 Å². The second kappa shape index (κ2) is 6.51. The predicted octanol–water partition coefficient (Wildman–Crippen LogP) is 0.801. The molecule has 0 aromatic heterocycles. The van der Waals surface area contributed by atoms with E-state index in [0.29, 0.717) is 13.2 Å². The number of hydrogen-bond acceptors (Lipinski definition) is 7. The number of nitro benzene ring substituents is 1. The second-order valence-electron chi connectivity index (χ2n) is 4.71. The molecule has 114 valence electrons. The molecule has 1 saturated heterocycles. The lowest BCUT2D eigenvalue weighted by Gasteiger charge is -2.18. The highest BCUT2D eigenvalue weighted by atomic mass is 16.6. The highest BCUT2D eigenvalue weighted by molar-refractivity contribution is 5.91. The zero-order valence-electron chi connectivity index (χ0n) is 11.4. The zero-order valence-corrected chi connectivity index (χ0v) is 11.4. The number of aliphatic hydroxyl groups is 1. The largest absolute Gasteiger partial charge is 0.465 e. The molecule has 0 radical (unpaired) electrons. The Bertz CT molecular complexity index is 547. The summed E-state index contributed by atoms with van der Waals surface area (Å²) in [6.45, 7) is 0.644. The summed E-state index contributed by atoms with van der Waals surface area (Å²) in [6.07, 6.45) is 0. The minimum absolute atomic E-state index is 0.0812. The lowest BCUT2D eigenvalue weighted by Crippen LogP contribution is -2.30. The fourth-order valence-corrected chi connectivity index (χ4v) is 2.19. The number of carbonyl (C=O) groups is 1. The molecule has 2 N–H and O–H groups in total. The van der Waals surface area contributed by atoms with Crippen LogP contribution in [0.3, 0.4) is 0 Å². The number of rotatable bonds is 5. The van der Waals surface area contributed by atoms with E-state index in [-0.39, 0.29) is 35.5 Å². The summed E-state index contributed by atoms with van der Waals surface area (Å²) < 4.78 is 9.85. The first-order valence-corrected chi connectivity index (χ1v) is 6.38. The molecule has 21 heavy (non-hydrogen) atoms. The fraction of sp³-hybridized carbons (Fsp3) is 0.462. The van der Waals surface area contributed by atoms with Crippen LogP contribution in [0.15, 0.2) is 18.2 Å². The Morgan fingerprint density at radius 2 is 2.33 bits per heavy atom. The van der Waals surface area contributed by atoms with Crippen molar-refractivity contribution in [3.63, 3.8) is 0 Å². The summed E-state index contributed by atoms with van der Waals surface area (Å²) >= 11 is 0. The zero-order chi connectivity index (χ0) is 15.4. The number of aliphatic hydroxyl groups excluding tert-OH is 1. The van der Waals surface area contributed by atoms with Crippen molar-refractivity contribution in [1.82, 2.24) is 0 Å². The van der Waals surface area contributed by atoms with Gasteiger partial charge in [-0.2, -0.15) is 0 Å². The van der Waals surface area contributed by atoms with E-state index in [1.54, 1.807) is 0 Å². The minimum Gasteiger partial charge on any atom is -0.465 e. The number of hydrogen-bond donors (Lipinski definition) is 2. The van der Waals surface area contributed by atoms with Crippen LogP contribution in [0.2, 0.25) is 0 Å². The Morgan fingerprint density at radius 1 is 1.57 bits per heavy atom. The third-order valence-corrected chi connectivity index (χ3v) is 3.39. The number of methoxy groups -OCH3 is 1. The third-order valence-electron chi connectivity index (χ3n) is 3.39. The van der Waals surface area contributed by atoms with E-state index in [9.17, 15) is 20.0 Å². The molecule has 0 unspecified atom stereocenters. The lowest BCUT2D eigenvalue weighted by molar-refractivity contribution is -0.384. The molecule has 0 spiro atoms. The highest BCUT2D eigenvalue weighted by Crippen LogP contribution is 2.28. The molecule has 2 atom stereocenters. The molecule has 0 amide bonds. The van der Waals surface area contributed by atoms with Crippen LogP contribution in [0.4, 0.5) is 11.4 Å². The van der Waals surface area contributed by atoms with Crippen LogP contribution in [0, 0.1) is 16.0 Å². The minimum atomic E-state index is -0.575. The van der Waals surface area contributed by atoms with E-state index < -0.39 is 10.9 Å². The summed E-state index contributed by atoms with van der Waals surface area (Å²) in [5.74, 6) is -0.722. The molecular weight excluding hydrogens is 280 g/mol. The summed E-state index contributed by atoms with van der Waals surface area (Å²) in [5.41, 5.74) is 0.271. The van der Waals surface area contributed by atoms with Gasteiger partial charge in [0, 0.05) is 12.0 Å². The monoisotopic (exact) mass is 296 g/mol. The predicted molar refractivity (Wildman–Crippen MR) is 73.2 cm³/mol. The highest BCUT2D eigenvalue weighted by Gasteiger charge is 2.29. The molecule has 1 aliphatic heterocycles. The van der Waals surface area contributed by atoms with Crippen molar-refractivity contribution in [3.8, 4) is 0 Å². The van der Waals surface area contributed by atoms with Gasteiger partial charge in [-0.15, -0.1) is 0 Å². The summed E-state index contributed by atoms with van der Waals surface area (Å²) in [5, 5.41) is 23.3. The van der Waals surface area contributed by atoms with Crippen molar-refractivity contribution >= 4 is 17.3 Å². The van der Waals surface area contributed by atoms with Crippen LogP contribution in [0.5, 0.6) is 0 Å². The molecule has 1 aromatic rings. The molecule has 8 heteroatoms. The molecule has 2 rings (SSSR count). The Morgan fingerprint density at radius 3 is 2.95 bits per heavy atom. The van der Waals surface area contributed by atoms with Gasteiger partial charge in [0.1, 0.15) is 5.69 Å². The first-order chi connectivity index (χ1) is 10.1. The first-order valence-electron chi connectivity index (χ1n) is 6.38. The first kappa shape index (κ1) is 15.2. The molecule has 1 aliphatic rings. The van der Waals surface area contributed by atoms with Crippen LogP contribution in [0.1, 0.15) is 10.4 Å². The maximum absolute atomic E-state index is 11.5. The number of ether oxygens (including phenoxy) is 2. The molecule has 1 aromatic carbocycles. The van der Waals surface area contributed by atoms with Crippen molar-refractivity contribution in [1.29, 1.82) is 0 Å². The van der Waals surface area contributed by atoms with Crippen LogP contribution >= 0.6 is 0 Å². The fourth-order valence-electron chi connectivity index (χ4n) is 2.19. The second-order valence-corrected chi connectivity index (χ2v) is 4.71. The maximum atomic E-state index is 11.5. The van der Waals surface area contributed by atoms with E-state index >= 15 is 0 Å². The number of anilines is 1. The van der Waals surface area contributed by atoms with Gasteiger partial charge in [-0.3, -0.25) is 10.1 Å². The van der Waals surface area contributed by atoms with Crippen molar-refractivity contribution in [2.24, 2.45) is 5.92 Å². The van der Waals surface area contributed by atoms with Crippen molar-refractivity contribution in [2.45, 2.75) is 6.04 Å². The molecule has 0 saturated carbocycles. The maximum Gasteiger partial charge on any atom is 0.337 e. The number of benzene rings is 1. The molecule has 0 bridgehead atoms. The van der Waals surface area contributed by atoms with E-state index in [1.165, 1.54) is 25.3 Å². The van der Waals surface area contributed by atoms with Gasteiger partial charge in [0.2, 0.25) is 0 Å². The van der Waals surface area contributed by atoms with Crippen LogP contribution in [-0.2, 0) is 9.47 Å². The molecule has 1 fully saturated rings. The number of carbonyl (C=O) groups excluding carboxylic acids is 1. The van der Waals surface area contributed by atoms with Gasteiger partial charge < -0.3 is 19.9 Å². The normalized spacial score (nSPS) is 21.0. The van der Waals surface area contributed by atoms with E-state index in [4.69, 9.17) is 4.74 Å². The smallest absolute Gasteiger partial charge is 0.337 e. The quantitative estimate of drug-likeness (QED) is 0.469. The van der Waals surface area contributed by atoms with Crippen LogP contribution < -0.4 is 5.32 Å². The average Bonchev–Trinajstić information content (AvgIpc) is 2.93. The summed E-state index contributed by atoms with van der Waals surface area (Å²) in [6, 6.07) is 3.71. The van der Waals surface area contributed by atoms with Crippen molar-refractivity contribution in [3.05, 3.63) is 33.9 Å². The van der Waals surface area contributed by atoms with Crippen LogP contribution in [0.25, 0.3) is 0 Å². The van der Waals surface area contributed by atoms with Gasteiger partial charge in [0.05, 0.1) is 43.5 Å². The number of nitro groups is 1. The van der Waals surface area contributed by atoms with E-state index in [0.717, 1.165) is 0 Å². The Kier molecular flexibility index (Phi) is 4.71. The Labute approximate surface area is 120 Å². The average molecular weight is 296 g/mol. The Balaban J connectivity index is 2.30. The van der Waals surface area contributed by atoms with Gasteiger partial charge in [0.25, 0.3) is 5.69 Å². The van der Waals surface area contributed by atoms with Gasteiger partial charge in [-0.05, 0) is 12.1 Å². The van der Waals surface area contributed by atoms with Crippen molar-refractivity contribution in [2.75, 3.05) is 32.2 Å². The summed E-state index contributed by atoms with van der Waals surface area (Å²) in [7, 11) is 1.24. The van der Waals surface area contributed by atoms with Gasteiger partial charge >= 0.3 is 5.97 Å². The molecule has 0 aliphatic carbocycles. The standard InChI is InChI=1S/C13H16N2O6/c1-20-13(17)8-2-3-12(15(18)19)10(4-8)14-11-7-21-6-9(11)5-16/h2-4,9,11,14,16H,5-7H2,1H3/t9-,11+/m0/s1. The number of nitrogens with zero attached hydrogens (tertiary/aromatic N) is 1. The topological polar surface area (TPSA) is 111 Å². The van der Waals surface area contributed by atoms with E-state index in [1.807, 2.05) is 0 Å². The van der Waals surface area contributed by atoms with Gasteiger partial charge in [-0.1, -0.05) is 0 Å². The number of esters is 1. The Hall–Kier alpha value is -2.19. The van der Waals surface area contributed by atoms with Crippen LogP contribution in [-0.4, -0.2) is 49.0 Å². The van der Waals surface area contributed by atoms with Gasteiger partial charge in [-0.25, -0.2) is 4.79 Å². The molecule has 8 nitrogen and oxygen atoms in total. The molecular formula is C13H16N2O6. The lowest BCUT2D eigenvalue weighted by atomic mass is 10.0. The third kappa shape index (κ3) is 3.29. The van der Waals surface area contributed by atoms with Gasteiger partial charge in [0.15, 0.2) is 0 Å². The SMILES string of the molecule is COC(=O)c1ccc([N+](=O)[O-])c(N[C@@H]2COC[C@@H]2CO)c1. The summed E-state index contributed by atoms with van der Waals surface area (Å²) in [4.78, 5) is 22.1. The number of nitrogens with one attached hydrogen (secondary N) is 1. The molecule has 1 heterocycles. The van der Waals surface area contributed by atoms with Crippen molar-refractivity contribution < 1.29 is 24.3 Å².